The molecule has 4 aromatic rings. The zero-order valence-electron chi connectivity index (χ0n) is 18.8. The van der Waals surface area contributed by atoms with Gasteiger partial charge in [0.1, 0.15) is 5.69 Å². The average molecular weight is 454 g/mol. The van der Waals surface area contributed by atoms with Gasteiger partial charge in [0, 0.05) is 29.6 Å². The van der Waals surface area contributed by atoms with Crippen LogP contribution in [0, 0.1) is 0 Å². The molecule has 34 heavy (non-hydrogen) atoms. The van der Waals surface area contributed by atoms with E-state index in [1.165, 1.54) is 18.4 Å². The van der Waals surface area contributed by atoms with Crippen LogP contribution in [0.4, 0.5) is 0 Å². The summed E-state index contributed by atoms with van der Waals surface area (Å²) >= 11 is 0. The normalized spacial score (nSPS) is 13.1. The molecule has 1 aromatic heterocycles. The van der Waals surface area contributed by atoms with Crippen LogP contribution in [0.5, 0.6) is 0 Å². The van der Waals surface area contributed by atoms with Crippen LogP contribution in [0.2, 0.25) is 0 Å². The lowest BCUT2D eigenvalue weighted by Gasteiger charge is -2.09. The summed E-state index contributed by atoms with van der Waals surface area (Å²) in [5.41, 5.74) is 6.33. The Bertz CT molecular complexity index is 1320. The van der Waals surface area contributed by atoms with E-state index < -0.39 is 0 Å². The predicted molar refractivity (Wildman–Crippen MR) is 133 cm³/mol. The van der Waals surface area contributed by atoms with Crippen molar-refractivity contribution in [1.29, 1.82) is 0 Å². The number of rotatable bonds is 8. The van der Waals surface area contributed by atoms with Crippen LogP contribution >= 0.6 is 0 Å². The standard InChI is InChI=1S/C28H27N3O3/c32-13-12-29-28(34)26-16-24-23(14-22(19-6-7-19)15-25(24)31-26)20-8-10-21(11-9-20)27(33)30-17-18-4-2-1-3-5-18/h1-5,8-11,14-16,19,31-32H,6-7,12-13,17H2,(H,29,34)(H,30,33). The molecule has 4 N–H and O–H groups in total. The fraction of sp³-hybridized carbons (Fsp3) is 0.214. The number of aliphatic hydroxyl groups is 1. The number of H-pyrrole nitrogens is 1. The van der Waals surface area contributed by atoms with Gasteiger partial charge in [-0.25, -0.2) is 0 Å². The number of aliphatic hydroxyl groups excluding tert-OH is 1. The van der Waals surface area contributed by atoms with E-state index in [4.69, 9.17) is 5.11 Å². The third-order valence-electron chi connectivity index (χ3n) is 6.21. The van der Waals surface area contributed by atoms with Gasteiger partial charge in [-0.2, -0.15) is 0 Å². The molecule has 2 amide bonds. The molecule has 6 heteroatoms. The van der Waals surface area contributed by atoms with Crippen LogP contribution in [-0.4, -0.2) is 35.1 Å². The molecule has 1 aliphatic rings. The van der Waals surface area contributed by atoms with E-state index in [-0.39, 0.29) is 25.0 Å². The van der Waals surface area contributed by atoms with Gasteiger partial charge in [-0.3, -0.25) is 9.59 Å². The smallest absolute Gasteiger partial charge is 0.267 e. The van der Waals surface area contributed by atoms with E-state index in [2.05, 4.69) is 27.8 Å². The number of amides is 2. The number of nitrogens with one attached hydrogen (secondary N) is 3. The first-order valence-electron chi connectivity index (χ1n) is 11.6. The van der Waals surface area contributed by atoms with E-state index in [0.717, 1.165) is 27.6 Å². The molecule has 1 fully saturated rings. The number of hydrogen-bond acceptors (Lipinski definition) is 3. The van der Waals surface area contributed by atoms with Crippen molar-refractivity contribution in [2.45, 2.75) is 25.3 Å². The predicted octanol–water partition coefficient (Wildman–Crippen LogP) is 4.36. The minimum Gasteiger partial charge on any atom is -0.395 e. The molecular weight excluding hydrogens is 426 g/mol. The first-order valence-corrected chi connectivity index (χ1v) is 11.6. The minimum absolute atomic E-state index is 0.103. The Morgan fingerprint density at radius 1 is 0.912 bits per heavy atom. The Morgan fingerprint density at radius 2 is 1.68 bits per heavy atom. The Morgan fingerprint density at radius 3 is 2.38 bits per heavy atom. The van der Waals surface area contributed by atoms with Crippen LogP contribution in [0.3, 0.4) is 0 Å². The molecular formula is C28H27N3O3. The summed E-state index contributed by atoms with van der Waals surface area (Å²) in [4.78, 5) is 28.3. The molecule has 0 radical (unpaired) electrons. The van der Waals surface area contributed by atoms with Gasteiger partial charge in [-0.1, -0.05) is 48.5 Å². The van der Waals surface area contributed by atoms with E-state index in [0.29, 0.717) is 23.7 Å². The monoisotopic (exact) mass is 453 g/mol. The number of benzene rings is 3. The molecule has 1 aliphatic carbocycles. The maximum atomic E-state index is 12.6. The largest absolute Gasteiger partial charge is 0.395 e. The zero-order chi connectivity index (χ0) is 23.5. The molecule has 5 rings (SSSR count). The Labute approximate surface area is 198 Å². The average Bonchev–Trinajstić information content (AvgIpc) is 3.64. The molecule has 0 spiro atoms. The molecule has 0 bridgehead atoms. The molecule has 3 aromatic carbocycles. The van der Waals surface area contributed by atoms with E-state index in [9.17, 15) is 9.59 Å². The van der Waals surface area contributed by atoms with Crippen LogP contribution in [0.15, 0.2) is 72.8 Å². The maximum Gasteiger partial charge on any atom is 0.267 e. The summed E-state index contributed by atoms with van der Waals surface area (Å²) < 4.78 is 0. The van der Waals surface area contributed by atoms with Gasteiger partial charge in [0.25, 0.3) is 11.8 Å². The minimum atomic E-state index is -0.241. The van der Waals surface area contributed by atoms with Crippen LogP contribution in [0.1, 0.15) is 50.7 Å². The second kappa shape index (κ2) is 9.53. The summed E-state index contributed by atoms with van der Waals surface area (Å²) in [6, 6.07) is 23.6. The molecule has 1 saturated carbocycles. The molecule has 0 unspecified atom stereocenters. The summed E-state index contributed by atoms with van der Waals surface area (Å²) in [5, 5.41) is 15.6. The second-order valence-corrected chi connectivity index (χ2v) is 8.71. The lowest BCUT2D eigenvalue weighted by atomic mass is 9.96. The van der Waals surface area contributed by atoms with Crippen molar-refractivity contribution in [3.63, 3.8) is 0 Å². The van der Waals surface area contributed by atoms with Crippen molar-refractivity contribution in [1.82, 2.24) is 15.6 Å². The van der Waals surface area contributed by atoms with Gasteiger partial charge in [0.05, 0.1) is 6.61 Å². The van der Waals surface area contributed by atoms with Crippen molar-refractivity contribution in [3.8, 4) is 11.1 Å². The highest BCUT2D eigenvalue weighted by Crippen LogP contribution is 2.43. The number of hydrogen-bond donors (Lipinski definition) is 4. The third-order valence-corrected chi connectivity index (χ3v) is 6.21. The first kappa shape index (κ1) is 21.9. The zero-order valence-corrected chi connectivity index (χ0v) is 18.8. The molecule has 172 valence electrons. The number of carbonyl (C=O) groups is 2. The second-order valence-electron chi connectivity index (χ2n) is 8.71. The topological polar surface area (TPSA) is 94.2 Å². The summed E-state index contributed by atoms with van der Waals surface area (Å²) in [6.45, 7) is 0.590. The third kappa shape index (κ3) is 4.72. The van der Waals surface area contributed by atoms with Gasteiger partial charge in [-0.15, -0.1) is 0 Å². The van der Waals surface area contributed by atoms with Gasteiger partial charge >= 0.3 is 0 Å². The SMILES string of the molecule is O=C(NCc1ccccc1)c1ccc(-c2cc(C3CC3)cc3[nH]c(C(=O)NCCO)cc23)cc1. The fourth-order valence-electron chi connectivity index (χ4n) is 4.22. The van der Waals surface area contributed by atoms with Crippen molar-refractivity contribution in [2.24, 2.45) is 0 Å². The van der Waals surface area contributed by atoms with Crippen molar-refractivity contribution in [2.75, 3.05) is 13.2 Å². The Kier molecular flexibility index (Phi) is 6.14. The quantitative estimate of drug-likeness (QED) is 0.319. The van der Waals surface area contributed by atoms with Gasteiger partial charge < -0.3 is 20.7 Å². The Hall–Kier alpha value is -3.90. The fourth-order valence-corrected chi connectivity index (χ4v) is 4.22. The highest BCUT2D eigenvalue weighted by molar-refractivity contribution is 6.03. The van der Waals surface area contributed by atoms with Crippen molar-refractivity contribution in [3.05, 3.63) is 95.2 Å². The number of aromatic nitrogens is 1. The highest BCUT2D eigenvalue weighted by atomic mass is 16.3. The number of aromatic amines is 1. The molecule has 0 atom stereocenters. The van der Waals surface area contributed by atoms with E-state index >= 15 is 0 Å². The maximum absolute atomic E-state index is 12.6. The molecule has 6 nitrogen and oxygen atoms in total. The summed E-state index contributed by atoms with van der Waals surface area (Å²) in [6.07, 6.45) is 2.35. The van der Waals surface area contributed by atoms with Gasteiger partial charge in [0.15, 0.2) is 0 Å². The highest BCUT2D eigenvalue weighted by Gasteiger charge is 2.25. The number of carbonyl (C=O) groups excluding carboxylic acids is 2. The lowest BCUT2D eigenvalue weighted by molar-refractivity contribution is 0.0936. The molecule has 0 aliphatic heterocycles. The van der Waals surface area contributed by atoms with Crippen LogP contribution in [-0.2, 0) is 6.54 Å². The van der Waals surface area contributed by atoms with Gasteiger partial charge in [0.2, 0.25) is 0 Å². The van der Waals surface area contributed by atoms with Crippen LogP contribution in [0.25, 0.3) is 22.0 Å². The summed E-state index contributed by atoms with van der Waals surface area (Å²) in [5.74, 6) is 0.201. The van der Waals surface area contributed by atoms with Crippen LogP contribution < -0.4 is 10.6 Å². The van der Waals surface area contributed by atoms with Crippen molar-refractivity contribution >= 4 is 22.7 Å². The first-order chi connectivity index (χ1) is 16.6. The van der Waals surface area contributed by atoms with E-state index in [1.54, 1.807) is 0 Å². The summed E-state index contributed by atoms with van der Waals surface area (Å²) in [7, 11) is 0. The van der Waals surface area contributed by atoms with Crippen molar-refractivity contribution < 1.29 is 14.7 Å². The Balaban J connectivity index is 1.41. The lowest BCUT2D eigenvalue weighted by Crippen LogP contribution is -2.26. The number of fused-ring (bicyclic) bond motifs is 1. The van der Waals surface area contributed by atoms with E-state index in [1.807, 2.05) is 60.7 Å². The molecule has 1 heterocycles. The van der Waals surface area contributed by atoms with Gasteiger partial charge in [-0.05, 0) is 65.3 Å². The molecule has 0 saturated heterocycles.